The van der Waals surface area contributed by atoms with E-state index in [9.17, 15) is 9.59 Å². The molecule has 0 aliphatic rings. The number of rotatable bonds is 4. The average Bonchev–Trinajstić information content (AvgIpc) is 2.69. The molecule has 3 rings (SSSR count). The molecule has 4 nitrogen and oxygen atoms in total. The van der Waals surface area contributed by atoms with Gasteiger partial charge in [0.2, 0.25) is 0 Å². The van der Waals surface area contributed by atoms with Gasteiger partial charge in [-0.25, -0.2) is 0 Å². The molecule has 0 heterocycles. The van der Waals surface area contributed by atoms with Crippen LogP contribution < -0.4 is 10.6 Å². The summed E-state index contributed by atoms with van der Waals surface area (Å²) in [5.74, 6) is -0.356. The Labute approximate surface area is 179 Å². The second kappa shape index (κ2) is 8.62. The van der Waals surface area contributed by atoms with Crippen LogP contribution in [0.15, 0.2) is 77.3 Å². The summed E-state index contributed by atoms with van der Waals surface area (Å²) < 4.78 is 0.919. The van der Waals surface area contributed by atoms with E-state index in [0.717, 1.165) is 4.47 Å². The summed E-state index contributed by atoms with van der Waals surface area (Å²) in [6, 6.07) is 21.8. The Morgan fingerprint density at radius 3 is 1.41 bits per heavy atom. The van der Waals surface area contributed by atoms with E-state index in [1.165, 1.54) is 5.56 Å². The topological polar surface area (TPSA) is 58.2 Å². The molecule has 0 aliphatic heterocycles. The molecule has 148 valence electrons. The number of nitrogens with one attached hydrogen (secondary N) is 2. The summed E-state index contributed by atoms with van der Waals surface area (Å²) in [4.78, 5) is 24.7. The minimum absolute atomic E-state index is 0.0471. The lowest BCUT2D eigenvalue weighted by Gasteiger charge is -2.19. The van der Waals surface area contributed by atoms with Gasteiger partial charge in [0, 0.05) is 27.0 Å². The SMILES string of the molecule is CC(C)(C)c1ccc(C(=O)Nc2ccc(NC(=O)c3ccc(Br)cc3)cc2)cc1. The van der Waals surface area contributed by atoms with Gasteiger partial charge in [0.05, 0.1) is 0 Å². The van der Waals surface area contributed by atoms with E-state index in [-0.39, 0.29) is 17.2 Å². The van der Waals surface area contributed by atoms with Crippen LogP contribution in [0.5, 0.6) is 0 Å². The lowest BCUT2D eigenvalue weighted by Crippen LogP contribution is -2.14. The molecule has 5 heteroatoms. The zero-order chi connectivity index (χ0) is 21.0. The number of benzene rings is 3. The Kier molecular flexibility index (Phi) is 6.18. The Balaban J connectivity index is 1.62. The Bertz CT molecular complexity index is 1000. The first-order chi connectivity index (χ1) is 13.7. The van der Waals surface area contributed by atoms with Crippen LogP contribution in [0.25, 0.3) is 0 Å². The first-order valence-electron chi connectivity index (χ1n) is 9.31. The summed E-state index contributed by atoms with van der Waals surface area (Å²) in [5.41, 5.74) is 3.72. The van der Waals surface area contributed by atoms with Gasteiger partial charge in [0.15, 0.2) is 0 Å². The molecular formula is C24H23BrN2O2. The molecule has 3 aromatic carbocycles. The predicted octanol–water partition coefficient (Wildman–Crippen LogP) is 6.25. The molecule has 0 aliphatic carbocycles. The standard InChI is InChI=1S/C24H23BrN2O2/c1-24(2,3)18-8-4-16(5-9-18)22(28)26-20-12-14-21(15-13-20)27-23(29)17-6-10-19(25)11-7-17/h4-15H,1-3H3,(H,26,28)(H,27,29). The van der Waals surface area contributed by atoms with Gasteiger partial charge in [-0.05, 0) is 71.6 Å². The molecule has 0 radical (unpaired) electrons. The smallest absolute Gasteiger partial charge is 0.255 e. The van der Waals surface area contributed by atoms with Crippen molar-refractivity contribution in [1.29, 1.82) is 0 Å². The molecule has 0 fully saturated rings. The summed E-state index contributed by atoms with van der Waals surface area (Å²) in [6.07, 6.45) is 0. The maximum atomic E-state index is 12.5. The lowest BCUT2D eigenvalue weighted by atomic mass is 9.87. The highest BCUT2D eigenvalue weighted by Crippen LogP contribution is 2.23. The highest BCUT2D eigenvalue weighted by Gasteiger charge is 2.14. The van der Waals surface area contributed by atoms with Crippen LogP contribution in [-0.2, 0) is 5.41 Å². The van der Waals surface area contributed by atoms with E-state index >= 15 is 0 Å². The Morgan fingerprint density at radius 2 is 1.03 bits per heavy atom. The van der Waals surface area contributed by atoms with Gasteiger partial charge in [-0.3, -0.25) is 9.59 Å². The van der Waals surface area contributed by atoms with E-state index in [1.807, 2.05) is 36.4 Å². The largest absolute Gasteiger partial charge is 0.322 e. The monoisotopic (exact) mass is 450 g/mol. The Morgan fingerprint density at radius 1 is 0.655 bits per heavy atom. The van der Waals surface area contributed by atoms with E-state index < -0.39 is 0 Å². The second-order valence-electron chi connectivity index (χ2n) is 7.82. The third-order valence-electron chi connectivity index (χ3n) is 4.52. The van der Waals surface area contributed by atoms with Gasteiger partial charge in [-0.1, -0.05) is 48.8 Å². The molecule has 0 spiro atoms. The van der Waals surface area contributed by atoms with Crippen molar-refractivity contribution in [3.05, 3.63) is 94.0 Å². The van der Waals surface area contributed by atoms with Crippen LogP contribution in [0.2, 0.25) is 0 Å². The fraction of sp³-hybridized carbons (Fsp3) is 0.167. The molecule has 3 aromatic rings. The van der Waals surface area contributed by atoms with Crippen molar-refractivity contribution in [3.8, 4) is 0 Å². The van der Waals surface area contributed by atoms with Crippen molar-refractivity contribution in [2.45, 2.75) is 26.2 Å². The number of amides is 2. The van der Waals surface area contributed by atoms with Gasteiger partial charge in [0.25, 0.3) is 11.8 Å². The number of halogens is 1. The number of carbonyl (C=O) groups is 2. The van der Waals surface area contributed by atoms with E-state index in [2.05, 4.69) is 47.3 Å². The maximum absolute atomic E-state index is 12.5. The van der Waals surface area contributed by atoms with Gasteiger partial charge < -0.3 is 10.6 Å². The average molecular weight is 451 g/mol. The predicted molar refractivity (Wildman–Crippen MR) is 122 cm³/mol. The number of anilines is 2. The van der Waals surface area contributed by atoms with Crippen LogP contribution in [0.1, 0.15) is 47.1 Å². The van der Waals surface area contributed by atoms with Crippen molar-refractivity contribution in [3.63, 3.8) is 0 Å². The van der Waals surface area contributed by atoms with Gasteiger partial charge in [0.1, 0.15) is 0 Å². The second-order valence-corrected chi connectivity index (χ2v) is 8.74. The van der Waals surface area contributed by atoms with Crippen LogP contribution in [0, 0.1) is 0 Å². The molecule has 0 atom stereocenters. The first kappa shape index (κ1) is 20.8. The van der Waals surface area contributed by atoms with Gasteiger partial charge >= 0.3 is 0 Å². The van der Waals surface area contributed by atoms with E-state index in [4.69, 9.17) is 0 Å². The zero-order valence-electron chi connectivity index (χ0n) is 16.6. The summed E-state index contributed by atoms with van der Waals surface area (Å²) in [7, 11) is 0. The van der Waals surface area contributed by atoms with Crippen molar-refractivity contribution >= 4 is 39.1 Å². The molecule has 0 unspecified atom stereocenters. The van der Waals surface area contributed by atoms with E-state index in [0.29, 0.717) is 22.5 Å². The molecule has 0 saturated carbocycles. The van der Waals surface area contributed by atoms with Crippen LogP contribution >= 0.6 is 15.9 Å². The fourth-order valence-electron chi connectivity index (χ4n) is 2.77. The molecular weight excluding hydrogens is 428 g/mol. The van der Waals surface area contributed by atoms with Crippen molar-refractivity contribution in [1.82, 2.24) is 0 Å². The van der Waals surface area contributed by atoms with E-state index in [1.54, 1.807) is 36.4 Å². The summed E-state index contributed by atoms with van der Waals surface area (Å²) in [5, 5.41) is 5.72. The highest BCUT2D eigenvalue weighted by atomic mass is 79.9. The van der Waals surface area contributed by atoms with Gasteiger partial charge in [-0.2, -0.15) is 0 Å². The zero-order valence-corrected chi connectivity index (χ0v) is 18.2. The molecule has 2 N–H and O–H groups in total. The molecule has 0 bridgehead atoms. The number of carbonyl (C=O) groups excluding carboxylic acids is 2. The van der Waals surface area contributed by atoms with Crippen LogP contribution in [-0.4, -0.2) is 11.8 Å². The van der Waals surface area contributed by atoms with Crippen LogP contribution in [0.3, 0.4) is 0 Å². The molecule has 2 amide bonds. The van der Waals surface area contributed by atoms with Crippen molar-refractivity contribution < 1.29 is 9.59 Å². The van der Waals surface area contributed by atoms with Gasteiger partial charge in [-0.15, -0.1) is 0 Å². The number of hydrogen-bond acceptors (Lipinski definition) is 2. The lowest BCUT2D eigenvalue weighted by molar-refractivity contribution is 0.101. The highest BCUT2D eigenvalue weighted by molar-refractivity contribution is 9.10. The maximum Gasteiger partial charge on any atom is 0.255 e. The molecule has 29 heavy (non-hydrogen) atoms. The van der Waals surface area contributed by atoms with Crippen LogP contribution in [0.4, 0.5) is 11.4 Å². The quantitative estimate of drug-likeness (QED) is 0.493. The Hall–Kier alpha value is -2.92. The first-order valence-corrected chi connectivity index (χ1v) is 10.1. The molecule has 0 aromatic heterocycles. The molecule has 0 saturated heterocycles. The third-order valence-corrected chi connectivity index (χ3v) is 5.05. The summed E-state index contributed by atoms with van der Waals surface area (Å²) >= 11 is 3.35. The minimum Gasteiger partial charge on any atom is -0.322 e. The summed E-state index contributed by atoms with van der Waals surface area (Å²) in [6.45, 7) is 6.41. The normalized spacial score (nSPS) is 11.0. The van der Waals surface area contributed by atoms with Crippen molar-refractivity contribution in [2.24, 2.45) is 0 Å². The van der Waals surface area contributed by atoms with Crippen molar-refractivity contribution in [2.75, 3.05) is 10.6 Å². The fourth-order valence-corrected chi connectivity index (χ4v) is 3.03. The minimum atomic E-state index is -0.187. The third kappa shape index (κ3) is 5.55. The number of hydrogen-bond donors (Lipinski definition) is 2.